The average molecular weight is 278 g/mol. The van der Waals surface area contributed by atoms with Crippen molar-refractivity contribution in [2.75, 3.05) is 11.9 Å². The van der Waals surface area contributed by atoms with Gasteiger partial charge in [0.1, 0.15) is 5.75 Å². The zero-order chi connectivity index (χ0) is 14.4. The Morgan fingerprint density at radius 1 is 1.40 bits per heavy atom. The Balaban J connectivity index is 1.91. The van der Waals surface area contributed by atoms with Crippen molar-refractivity contribution in [2.24, 2.45) is 0 Å². The van der Waals surface area contributed by atoms with Crippen molar-refractivity contribution < 1.29 is 14.6 Å². The molecule has 2 rings (SSSR count). The lowest BCUT2D eigenvalue weighted by molar-refractivity contribution is 0.114. The highest BCUT2D eigenvalue weighted by atomic mass is 16.5. The van der Waals surface area contributed by atoms with Gasteiger partial charge in [0.05, 0.1) is 18.4 Å². The number of aliphatic hydroxyl groups is 1. The standard InChI is InChI=1S/C15H22N2O3/c1-2-20-14-9-4-3-8-13(14)17-15(19)16-11-6-5-7-12(18)10-11/h3-4,8-9,11-12,18H,2,5-7,10H2,1H3,(H2,16,17,19)/t11-,12+/m1/s1. The second kappa shape index (κ2) is 7.14. The maximum atomic E-state index is 12.0. The van der Waals surface area contributed by atoms with Crippen molar-refractivity contribution in [3.63, 3.8) is 0 Å². The van der Waals surface area contributed by atoms with E-state index in [-0.39, 0.29) is 18.2 Å². The summed E-state index contributed by atoms with van der Waals surface area (Å²) in [5, 5.41) is 15.3. The lowest BCUT2D eigenvalue weighted by Crippen LogP contribution is -2.41. The van der Waals surface area contributed by atoms with Gasteiger partial charge in [-0.05, 0) is 44.7 Å². The molecule has 0 radical (unpaired) electrons. The summed E-state index contributed by atoms with van der Waals surface area (Å²) in [7, 11) is 0. The predicted molar refractivity (Wildman–Crippen MR) is 78.0 cm³/mol. The first-order valence-corrected chi connectivity index (χ1v) is 7.16. The molecule has 0 unspecified atom stereocenters. The van der Waals surface area contributed by atoms with Gasteiger partial charge >= 0.3 is 6.03 Å². The maximum Gasteiger partial charge on any atom is 0.319 e. The summed E-state index contributed by atoms with van der Waals surface area (Å²) in [6.07, 6.45) is 3.01. The molecule has 1 aromatic rings. The van der Waals surface area contributed by atoms with E-state index in [1.165, 1.54) is 0 Å². The summed E-state index contributed by atoms with van der Waals surface area (Å²) in [6, 6.07) is 7.13. The minimum absolute atomic E-state index is 0.0398. The fraction of sp³-hybridized carbons (Fsp3) is 0.533. The molecule has 1 saturated carbocycles. The van der Waals surface area contributed by atoms with Crippen LogP contribution in [-0.4, -0.2) is 29.9 Å². The van der Waals surface area contributed by atoms with E-state index in [1.807, 2.05) is 25.1 Å². The minimum Gasteiger partial charge on any atom is -0.492 e. The van der Waals surface area contributed by atoms with Crippen LogP contribution in [0.15, 0.2) is 24.3 Å². The summed E-state index contributed by atoms with van der Waals surface area (Å²) in [5.74, 6) is 0.661. The van der Waals surface area contributed by atoms with Crippen LogP contribution < -0.4 is 15.4 Å². The number of benzene rings is 1. The van der Waals surface area contributed by atoms with Gasteiger partial charge in [0.25, 0.3) is 0 Å². The van der Waals surface area contributed by atoms with Gasteiger partial charge in [0.15, 0.2) is 0 Å². The van der Waals surface area contributed by atoms with Crippen molar-refractivity contribution >= 4 is 11.7 Å². The van der Waals surface area contributed by atoms with Crippen molar-refractivity contribution in [1.82, 2.24) is 5.32 Å². The minimum atomic E-state index is -0.301. The van der Waals surface area contributed by atoms with E-state index in [0.717, 1.165) is 19.3 Å². The topological polar surface area (TPSA) is 70.6 Å². The van der Waals surface area contributed by atoms with E-state index in [2.05, 4.69) is 10.6 Å². The number of ether oxygens (including phenoxy) is 1. The van der Waals surface area contributed by atoms with E-state index in [9.17, 15) is 9.90 Å². The van der Waals surface area contributed by atoms with Gasteiger partial charge in [-0.2, -0.15) is 0 Å². The SMILES string of the molecule is CCOc1ccccc1NC(=O)N[C@@H]1CCC[C@H](O)C1. The molecule has 0 heterocycles. The quantitative estimate of drug-likeness (QED) is 0.792. The summed E-state index contributed by atoms with van der Waals surface area (Å²) < 4.78 is 5.46. The number of rotatable bonds is 4. The first-order chi connectivity index (χ1) is 9.69. The normalized spacial score (nSPS) is 22.1. The number of anilines is 1. The molecule has 1 fully saturated rings. The number of aliphatic hydroxyl groups excluding tert-OH is 1. The Morgan fingerprint density at radius 3 is 2.95 bits per heavy atom. The number of amides is 2. The number of hydrogen-bond acceptors (Lipinski definition) is 3. The molecule has 0 saturated heterocycles. The van der Waals surface area contributed by atoms with Crippen LogP contribution in [0.25, 0.3) is 0 Å². The monoisotopic (exact) mass is 278 g/mol. The fourth-order valence-corrected chi connectivity index (χ4v) is 2.49. The molecule has 5 nitrogen and oxygen atoms in total. The Bertz CT molecular complexity index is 450. The number of hydrogen-bond donors (Lipinski definition) is 3. The van der Waals surface area contributed by atoms with E-state index < -0.39 is 0 Å². The molecule has 3 N–H and O–H groups in total. The second-order valence-electron chi connectivity index (χ2n) is 5.04. The number of nitrogens with one attached hydrogen (secondary N) is 2. The number of urea groups is 1. The Hall–Kier alpha value is -1.75. The van der Waals surface area contributed by atoms with Gasteiger partial charge in [-0.15, -0.1) is 0 Å². The van der Waals surface area contributed by atoms with Crippen LogP contribution in [-0.2, 0) is 0 Å². The van der Waals surface area contributed by atoms with Gasteiger partial charge in [-0.3, -0.25) is 0 Å². The van der Waals surface area contributed by atoms with Gasteiger partial charge in [-0.1, -0.05) is 12.1 Å². The van der Waals surface area contributed by atoms with Gasteiger partial charge in [0, 0.05) is 6.04 Å². The molecule has 1 aromatic carbocycles. The van der Waals surface area contributed by atoms with Crippen molar-refractivity contribution in [2.45, 2.75) is 44.8 Å². The molecule has 2 atom stereocenters. The molecular formula is C15H22N2O3. The number of carbonyl (C=O) groups excluding carboxylic acids is 1. The lowest BCUT2D eigenvalue weighted by Gasteiger charge is -2.26. The van der Waals surface area contributed by atoms with Gasteiger partial charge in [-0.25, -0.2) is 4.79 Å². The van der Waals surface area contributed by atoms with Crippen molar-refractivity contribution in [3.05, 3.63) is 24.3 Å². The first-order valence-electron chi connectivity index (χ1n) is 7.16. The largest absolute Gasteiger partial charge is 0.492 e. The van der Waals surface area contributed by atoms with Crippen molar-refractivity contribution in [3.8, 4) is 5.75 Å². The highest BCUT2D eigenvalue weighted by molar-refractivity contribution is 5.91. The van der Waals surface area contributed by atoms with Crippen LogP contribution in [0.5, 0.6) is 5.75 Å². The third-order valence-corrected chi connectivity index (χ3v) is 3.42. The van der Waals surface area contributed by atoms with Crippen LogP contribution in [0.1, 0.15) is 32.6 Å². The first kappa shape index (κ1) is 14.7. The van der Waals surface area contributed by atoms with Crippen LogP contribution in [0.2, 0.25) is 0 Å². The highest BCUT2D eigenvalue weighted by Crippen LogP contribution is 2.24. The molecule has 1 aliphatic carbocycles. The second-order valence-corrected chi connectivity index (χ2v) is 5.04. The van der Waals surface area contributed by atoms with Crippen LogP contribution in [0.3, 0.4) is 0 Å². The zero-order valence-electron chi connectivity index (χ0n) is 11.8. The van der Waals surface area contributed by atoms with Gasteiger partial charge in [0.2, 0.25) is 0 Å². The predicted octanol–water partition coefficient (Wildman–Crippen LogP) is 2.51. The summed E-state index contributed by atoms with van der Waals surface area (Å²) >= 11 is 0. The Labute approximate surface area is 119 Å². The maximum absolute atomic E-state index is 12.0. The lowest BCUT2D eigenvalue weighted by atomic mass is 9.93. The molecule has 1 aliphatic rings. The van der Waals surface area contributed by atoms with Crippen LogP contribution in [0.4, 0.5) is 10.5 Å². The highest BCUT2D eigenvalue weighted by Gasteiger charge is 2.21. The third-order valence-electron chi connectivity index (χ3n) is 3.42. The summed E-state index contributed by atoms with van der Waals surface area (Å²) in [6.45, 7) is 2.45. The molecule has 0 aromatic heterocycles. The zero-order valence-corrected chi connectivity index (χ0v) is 11.8. The third kappa shape index (κ3) is 4.13. The molecule has 0 bridgehead atoms. The average Bonchev–Trinajstić information content (AvgIpc) is 2.41. The molecule has 0 spiro atoms. The van der Waals surface area contributed by atoms with E-state index >= 15 is 0 Å². The van der Waals surface area contributed by atoms with E-state index in [0.29, 0.717) is 24.5 Å². The fourth-order valence-electron chi connectivity index (χ4n) is 2.49. The number of carbonyl (C=O) groups is 1. The molecule has 2 amide bonds. The van der Waals surface area contributed by atoms with Crippen LogP contribution >= 0.6 is 0 Å². The van der Waals surface area contributed by atoms with Crippen LogP contribution in [0, 0.1) is 0 Å². The Kier molecular flexibility index (Phi) is 5.24. The Morgan fingerprint density at radius 2 is 2.20 bits per heavy atom. The van der Waals surface area contributed by atoms with E-state index in [1.54, 1.807) is 6.07 Å². The molecule has 20 heavy (non-hydrogen) atoms. The summed E-state index contributed by atoms with van der Waals surface area (Å²) in [5.41, 5.74) is 0.656. The molecular weight excluding hydrogens is 256 g/mol. The molecule has 0 aliphatic heterocycles. The smallest absolute Gasteiger partial charge is 0.319 e. The summed E-state index contributed by atoms with van der Waals surface area (Å²) in [4.78, 5) is 12.0. The number of para-hydroxylation sites is 2. The van der Waals surface area contributed by atoms with Gasteiger partial charge < -0.3 is 20.5 Å². The van der Waals surface area contributed by atoms with Crippen molar-refractivity contribution in [1.29, 1.82) is 0 Å². The molecule has 110 valence electrons. The molecule has 5 heteroatoms. The van der Waals surface area contributed by atoms with E-state index in [4.69, 9.17) is 4.74 Å².